The van der Waals surface area contributed by atoms with Gasteiger partial charge in [0.05, 0.1) is 0 Å². The van der Waals surface area contributed by atoms with Gasteiger partial charge in [0.25, 0.3) is 0 Å². The molecule has 0 saturated heterocycles. The minimum absolute atomic E-state index is 0.0284. The zero-order valence-corrected chi connectivity index (χ0v) is 40.8. The van der Waals surface area contributed by atoms with Crippen LogP contribution in [0, 0.1) is 13.8 Å². The van der Waals surface area contributed by atoms with Crippen molar-refractivity contribution in [2.24, 2.45) is 0 Å². The Bertz CT molecular complexity index is 2090. The first-order valence-electron chi connectivity index (χ1n) is 21.0. The molecule has 2 heteroatoms. The summed E-state index contributed by atoms with van der Waals surface area (Å²) < 4.78 is 0. The van der Waals surface area contributed by atoms with Gasteiger partial charge < -0.3 is 0 Å². The topological polar surface area (TPSA) is 0 Å². The molecule has 1 aliphatic heterocycles. The molecule has 0 saturated carbocycles. The first-order chi connectivity index (χ1) is 25.4. The highest BCUT2D eigenvalue weighted by molar-refractivity contribution is 7.98. The van der Waals surface area contributed by atoms with Crippen molar-refractivity contribution in [2.45, 2.75) is 171 Å². The molecule has 2 atom stereocenters. The van der Waals surface area contributed by atoms with Gasteiger partial charge >= 0.3 is 0 Å². The van der Waals surface area contributed by atoms with Gasteiger partial charge in [-0.25, -0.2) is 0 Å². The summed E-state index contributed by atoms with van der Waals surface area (Å²) in [6.45, 7) is 48.2. The third-order valence-corrected chi connectivity index (χ3v) is 17.4. The minimum Gasteiger partial charge on any atom is -0.0620 e. The van der Waals surface area contributed by atoms with E-state index in [1.165, 1.54) is 60.9 Å². The van der Waals surface area contributed by atoms with Crippen LogP contribution in [-0.2, 0) is 32.5 Å². The second-order valence-electron chi connectivity index (χ2n) is 22.7. The van der Waals surface area contributed by atoms with Gasteiger partial charge in [-0.2, -0.15) is 0 Å². The first kappa shape index (κ1) is 44.3. The lowest BCUT2D eigenvalue weighted by Gasteiger charge is -2.38. The Hall–Kier alpha value is -2.78. The molecule has 0 radical (unpaired) electrons. The summed E-state index contributed by atoms with van der Waals surface area (Å²) in [4.78, 5) is 0. The van der Waals surface area contributed by atoms with E-state index in [1.807, 2.05) is 0 Å². The van der Waals surface area contributed by atoms with E-state index in [0.29, 0.717) is 0 Å². The Morgan fingerprint density at radius 1 is 0.429 bits per heavy atom. The van der Waals surface area contributed by atoms with Crippen LogP contribution in [0.5, 0.6) is 0 Å². The minimum atomic E-state index is -0.953. The van der Waals surface area contributed by atoms with Crippen molar-refractivity contribution in [3.05, 3.63) is 139 Å². The maximum atomic E-state index is 2.81. The van der Waals surface area contributed by atoms with E-state index in [9.17, 15) is 0 Å². The fourth-order valence-corrected chi connectivity index (χ4v) is 15.9. The molecule has 300 valence electrons. The molecule has 56 heavy (non-hydrogen) atoms. The molecule has 0 spiro atoms. The Morgan fingerprint density at radius 3 is 1.18 bits per heavy atom. The fraction of sp³-hybridized carbons (Fsp3) is 0.481. The van der Waals surface area contributed by atoms with Gasteiger partial charge in [0.15, 0.2) is 0 Å². The van der Waals surface area contributed by atoms with Crippen molar-refractivity contribution in [1.82, 2.24) is 0 Å². The molecule has 5 rings (SSSR count). The molecule has 0 fully saturated rings. The van der Waals surface area contributed by atoms with Crippen molar-refractivity contribution in [2.75, 3.05) is 0 Å². The summed E-state index contributed by atoms with van der Waals surface area (Å²) >= 11 is 0. The molecule has 4 aromatic rings. The monoisotopic (exact) mass is 785 g/mol. The molecule has 0 aliphatic carbocycles. The Kier molecular flexibility index (Phi) is 12.0. The molecule has 0 N–H and O–H groups in total. The zero-order valence-electron chi connectivity index (χ0n) is 39.0. The molecule has 1 heterocycles. The van der Waals surface area contributed by atoms with Crippen LogP contribution in [0.25, 0.3) is 11.4 Å². The molecule has 4 aromatic carbocycles. The lowest BCUT2D eigenvalue weighted by Crippen LogP contribution is -2.32. The van der Waals surface area contributed by atoms with E-state index in [2.05, 4.69) is 223 Å². The van der Waals surface area contributed by atoms with Gasteiger partial charge in [0.1, 0.15) is 0 Å². The number of aryl methyl sites for hydroxylation is 2. The largest absolute Gasteiger partial charge is 0.0620 e. The smallest absolute Gasteiger partial charge is 0.00446 e. The van der Waals surface area contributed by atoms with Gasteiger partial charge in [0, 0.05) is 0 Å². The molecule has 0 amide bonds. The van der Waals surface area contributed by atoms with Crippen molar-refractivity contribution in [3.8, 4) is 0 Å². The maximum absolute atomic E-state index is 2.81. The molecular formula is C54H74P2. The molecular weight excluding hydrogens is 711 g/mol. The first-order valence-corrected chi connectivity index (χ1v) is 23.7. The zero-order chi connectivity index (χ0) is 42.1. The molecule has 0 bridgehead atoms. The van der Waals surface area contributed by atoms with Gasteiger partial charge in [-0.15, -0.1) is 0 Å². The molecule has 0 nitrogen and oxygen atoms in total. The standard InChI is InChI=1S/C54H74P2/c1-35-25-21-23-27-37(35)29-46-55(47-41(51(9,10)11)30-38(49(3,4)5)31-42(47)52(12,13)14)34-45(40-28-24-22-26-36(40)2)56(46)48-43(53(15,16)17)32-39(50(6,7)8)33-44(48)54(18,19)20/h21-34H,1-20H3/b46-29-. The second kappa shape index (κ2) is 15.1. The molecule has 1 aliphatic rings. The van der Waals surface area contributed by atoms with Crippen LogP contribution in [0.4, 0.5) is 0 Å². The highest BCUT2D eigenvalue weighted by Gasteiger charge is 2.44. The number of benzene rings is 4. The van der Waals surface area contributed by atoms with E-state index >= 15 is 0 Å². The SMILES string of the molecule is Cc1ccccc1/C=C1/P(c2c(C(C)(C)C)cc(C(C)(C)C)cc2C(C)(C)C)C=C(c2ccccc2C)P1c1c(C(C)(C)C)cc(C(C)(C)C)cc1C(C)(C)C. The summed E-state index contributed by atoms with van der Waals surface area (Å²) in [6, 6.07) is 28.7. The van der Waals surface area contributed by atoms with Crippen LogP contribution in [0.3, 0.4) is 0 Å². The second-order valence-corrected chi connectivity index (χ2v) is 27.1. The van der Waals surface area contributed by atoms with Crippen LogP contribution in [0.15, 0.2) is 83.7 Å². The summed E-state index contributed by atoms with van der Waals surface area (Å²) in [5.74, 6) is 2.81. The average Bonchev–Trinajstić information content (AvgIpc) is 3.40. The summed E-state index contributed by atoms with van der Waals surface area (Å²) in [7, 11) is -1.85. The van der Waals surface area contributed by atoms with Crippen LogP contribution in [0.1, 0.15) is 180 Å². The van der Waals surface area contributed by atoms with Crippen LogP contribution >= 0.6 is 15.8 Å². The quantitative estimate of drug-likeness (QED) is 0.181. The predicted molar refractivity (Wildman–Crippen MR) is 257 cm³/mol. The molecule has 2 unspecified atom stereocenters. The van der Waals surface area contributed by atoms with Crippen molar-refractivity contribution >= 4 is 37.8 Å². The summed E-state index contributed by atoms with van der Waals surface area (Å²) in [6.07, 6.45) is 2.67. The van der Waals surface area contributed by atoms with Gasteiger partial charge in [-0.05, 0) is 151 Å². The lowest BCUT2D eigenvalue weighted by atomic mass is 9.75. The van der Waals surface area contributed by atoms with E-state index in [4.69, 9.17) is 0 Å². The Morgan fingerprint density at radius 2 is 0.804 bits per heavy atom. The van der Waals surface area contributed by atoms with E-state index in [1.54, 1.807) is 15.7 Å². The highest BCUT2D eigenvalue weighted by Crippen LogP contribution is 2.77. The predicted octanol–water partition coefficient (Wildman–Crippen LogP) is 16.0. The Labute approximate surface area is 346 Å². The molecule has 0 aromatic heterocycles. The number of rotatable bonds is 4. The van der Waals surface area contributed by atoms with E-state index < -0.39 is 15.8 Å². The van der Waals surface area contributed by atoms with Crippen molar-refractivity contribution < 1.29 is 0 Å². The third-order valence-electron chi connectivity index (χ3n) is 11.5. The normalized spacial score (nSPS) is 18.1. The van der Waals surface area contributed by atoms with E-state index in [-0.39, 0.29) is 32.5 Å². The average molecular weight is 785 g/mol. The summed E-state index contributed by atoms with van der Waals surface area (Å²) in [5, 5.41) is 6.29. The van der Waals surface area contributed by atoms with Crippen LogP contribution < -0.4 is 10.6 Å². The fourth-order valence-electron chi connectivity index (χ4n) is 7.89. The number of hydrogen-bond acceptors (Lipinski definition) is 0. The van der Waals surface area contributed by atoms with Gasteiger partial charge in [-0.3, -0.25) is 0 Å². The van der Waals surface area contributed by atoms with Gasteiger partial charge in [-0.1, -0.05) is 197 Å². The highest BCUT2D eigenvalue weighted by atomic mass is 31.2. The van der Waals surface area contributed by atoms with Crippen LogP contribution in [-0.4, -0.2) is 0 Å². The van der Waals surface area contributed by atoms with Gasteiger partial charge in [0.2, 0.25) is 0 Å². The third kappa shape index (κ3) is 9.09. The Balaban J connectivity index is 2.10. The van der Waals surface area contributed by atoms with E-state index in [0.717, 1.165) is 0 Å². The lowest BCUT2D eigenvalue weighted by molar-refractivity contribution is 0.553. The summed E-state index contributed by atoms with van der Waals surface area (Å²) in [5.41, 5.74) is 14.2. The van der Waals surface area contributed by atoms with Crippen molar-refractivity contribution in [1.29, 1.82) is 0 Å². The van der Waals surface area contributed by atoms with Crippen LogP contribution in [0.2, 0.25) is 0 Å². The number of hydrogen-bond donors (Lipinski definition) is 0. The van der Waals surface area contributed by atoms with Crippen molar-refractivity contribution in [3.63, 3.8) is 0 Å². The maximum Gasteiger partial charge on any atom is -0.00446 e.